The molecular weight excluding hydrogens is 419 g/mol. The molecule has 2 aromatic carbocycles. The number of amides is 2. The molecule has 2 aromatic rings. The van der Waals surface area contributed by atoms with E-state index in [-0.39, 0.29) is 23.7 Å². The molecule has 0 spiro atoms. The van der Waals surface area contributed by atoms with Crippen LogP contribution in [0.15, 0.2) is 54.6 Å². The van der Waals surface area contributed by atoms with Gasteiger partial charge in [-0.05, 0) is 49.1 Å². The molecule has 1 N–H and O–H groups in total. The molecule has 1 saturated carbocycles. The topological polar surface area (TPSA) is 55.9 Å². The average molecular weight is 451 g/mol. The fourth-order valence-electron chi connectivity index (χ4n) is 5.12. The summed E-state index contributed by atoms with van der Waals surface area (Å²) in [5.41, 5.74) is 1.67. The van der Waals surface area contributed by atoms with Crippen LogP contribution >= 0.6 is 0 Å². The van der Waals surface area contributed by atoms with Gasteiger partial charge < -0.3 is 15.1 Å². The van der Waals surface area contributed by atoms with Gasteiger partial charge in [-0.25, -0.2) is 4.39 Å². The lowest BCUT2D eigenvalue weighted by Crippen LogP contribution is -2.53. The minimum atomic E-state index is -0.484. The molecule has 5 rings (SSSR count). The lowest BCUT2D eigenvalue weighted by atomic mass is 10.1. The zero-order valence-corrected chi connectivity index (χ0v) is 18.8. The lowest BCUT2D eigenvalue weighted by molar-refractivity contribution is -0.135. The van der Waals surface area contributed by atoms with Gasteiger partial charge in [0.05, 0.1) is 0 Å². The monoisotopic (exact) mass is 450 g/mol. The van der Waals surface area contributed by atoms with Crippen molar-refractivity contribution in [3.05, 3.63) is 71.5 Å². The van der Waals surface area contributed by atoms with Gasteiger partial charge in [-0.2, -0.15) is 0 Å². The minimum absolute atomic E-state index is 0.0323. The number of nitrogens with one attached hydrogen (secondary N) is 1. The van der Waals surface area contributed by atoms with Gasteiger partial charge >= 0.3 is 0 Å². The summed E-state index contributed by atoms with van der Waals surface area (Å²) in [6.07, 6.45) is 2.95. The van der Waals surface area contributed by atoms with Crippen LogP contribution in [0.25, 0.3) is 0 Å². The smallest absolute Gasteiger partial charge is 0.254 e. The highest BCUT2D eigenvalue weighted by molar-refractivity contribution is 5.98. The number of nitrogens with zero attached hydrogens (tertiary/aromatic N) is 3. The van der Waals surface area contributed by atoms with Crippen molar-refractivity contribution in [2.24, 2.45) is 0 Å². The standard InChI is InChI=1S/C26H31FN4O2/c27-21-8-6-20(7-9-21)25(32)31-18-23(16-24(31)26(33)29-14-12-28-13-15-29)30(22-10-11-22)17-19-4-2-1-3-5-19/h1-9,22-24,28H,10-18H2. The van der Waals surface area contributed by atoms with Crippen LogP contribution in [0.1, 0.15) is 35.2 Å². The van der Waals surface area contributed by atoms with Crippen LogP contribution in [-0.4, -0.2) is 77.4 Å². The predicted octanol–water partition coefficient (Wildman–Crippen LogP) is 2.51. The number of hydrogen-bond donors (Lipinski definition) is 1. The first-order chi connectivity index (χ1) is 16.1. The molecule has 0 aromatic heterocycles. The number of likely N-dealkylation sites (tertiary alicyclic amines) is 1. The lowest BCUT2D eigenvalue weighted by Gasteiger charge is -2.32. The van der Waals surface area contributed by atoms with Gasteiger partial charge in [0.1, 0.15) is 11.9 Å². The van der Waals surface area contributed by atoms with Crippen molar-refractivity contribution in [3.8, 4) is 0 Å². The summed E-state index contributed by atoms with van der Waals surface area (Å²) in [5.74, 6) is -0.534. The first-order valence-corrected chi connectivity index (χ1v) is 12.0. The van der Waals surface area contributed by atoms with Crippen LogP contribution in [0.3, 0.4) is 0 Å². The largest absolute Gasteiger partial charge is 0.338 e. The van der Waals surface area contributed by atoms with E-state index in [0.717, 1.165) is 32.5 Å². The summed E-state index contributed by atoms with van der Waals surface area (Å²) < 4.78 is 13.4. The molecule has 2 amide bonds. The van der Waals surface area contributed by atoms with Gasteiger partial charge in [0.15, 0.2) is 0 Å². The highest BCUT2D eigenvalue weighted by Crippen LogP contribution is 2.35. The fraction of sp³-hybridized carbons (Fsp3) is 0.462. The van der Waals surface area contributed by atoms with E-state index in [0.29, 0.717) is 37.7 Å². The molecule has 2 heterocycles. The molecule has 2 saturated heterocycles. The second-order valence-corrected chi connectivity index (χ2v) is 9.33. The number of benzene rings is 2. The van der Waals surface area contributed by atoms with Crippen molar-refractivity contribution < 1.29 is 14.0 Å². The maximum atomic E-state index is 13.5. The van der Waals surface area contributed by atoms with Gasteiger partial charge in [0.25, 0.3) is 5.91 Å². The van der Waals surface area contributed by atoms with Crippen molar-refractivity contribution in [2.75, 3.05) is 32.7 Å². The summed E-state index contributed by atoms with van der Waals surface area (Å²) >= 11 is 0. The van der Waals surface area contributed by atoms with Crippen LogP contribution in [0.5, 0.6) is 0 Å². The Morgan fingerprint density at radius 3 is 2.33 bits per heavy atom. The molecular formula is C26H31FN4O2. The van der Waals surface area contributed by atoms with E-state index in [1.807, 2.05) is 11.0 Å². The molecule has 7 heteroatoms. The molecule has 174 valence electrons. The van der Waals surface area contributed by atoms with Gasteiger partial charge in [-0.15, -0.1) is 0 Å². The van der Waals surface area contributed by atoms with Gasteiger partial charge in [-0.1, -0.05) is 30.3 Å². The van der Waals surface area contributed by atoms with Gasteiger partial charge in [-0.3, -0.25) is 14.5 Å². The SMILES string of the molecule is O=C(C1CC(N(Cc2ccccc2)C2CC2)CN1C(=O)c1ccc(F)cc1)N1CCNCC1. The molecule has 1 aliphatic carbocycles. The van der Waals surface area contributed by atoms with E-state index >= 15 is 0 Å². The molecule has 0 bridgehead atoms. The maximum Gasteiger partial charge on any atom is 0.254 e. The first-order valence-electron chi connectivity index (χ1n) is 12.0. The summed E-state index contributed by atoms with van der Waals surface area (Å²) in [6, 6.07) is 16.2. The van der Waals surface area contributed by atoms with Gasteiger partial charge in [0, 0.05) is 56.9 Å². The van der Waals surface area contributed by atoms with Gasteiger partial charge in [0.2, 0.25) is 5.91 Å². The van der Waals surface area contributed by atoms with E-state index in [9.17, 15) is 14.0 Å². The molecule has 3 aliphatic rings. The first kappa shape index (κ1) is 22.0. The van der Waals surface area contributed by atoms with E-state index < -0.39 is 6.04 Å². The molecule has 2 unspecified atom stereocenters. The Kier molecular flexibility index (Phi) is 6.42. The minimum Gasteiger partial charge on any atom is -0.338 e. The molecule has 33 heavy (non-hydrogen) atoms. The molecule has 0 radical (unpaired) electrons. The Morgan fingerprint density at radius 2 is 1.67 bits per heavy atom. The Morgan fingerprint density at radius 1 is 0.970 bits per heavy atom. The number of piperazine rings is 1. The van der Waals surface area contributed by atoms with Crippen LogP contribution < -0.4 is 5.32 Å². The molecule has 2 atom stereocenters. The number of halogens is 1. The van der Waals surface area contributed by atoms with E-state index in [1.54, 1.807) is 4.90 Å². The summed E-state index contributed by atoms with van der Waals surface area (Å²) in [6.45, 7) is 4.21. The summed E-state index contributed by atoms with van der Waals surface area (Å²) in [7, 11) is 0. The van der Waals surface area contributed by atoms with E-state index in [2.05, 4.69) is 34.5 Å². The van der Waals surface area contributed by atoms with Crippen molar-refractivity contribution in [2.45, 2.75) is 43.9 Å². The number of carbonyl (C=O) groups is 2. The average Bonchev–Trinajstić information content (AvgIpc) is 3.61. The number of carbonyl (C=O) groups excluding carboxylic acids is 2. The van der Waals surface area contributed by atoms with Crippen molar-refractivity contribution >= 4 is 11.8 Å². The van der Waals surface area contributed by atoms with Crippen LogP contribution in [-0.2, 0) is 11.3 Å². The molecule has 6 nitrogen and oxygen atoms in total. The second kappa shape index (κ2) is 9.61. The van der Waals surface area contributed by atoms with Crippen molar-refractivity contribution in [1.82, 2.24) is 20.0 Å². The number of hydrogen-bond acceptors (Lipinski definition) is 4. The zero-order chi connectivity index (χ0) is 22.8. The molecule has 2 aliphatic heterocycles. The number of rotatable bonds is 6. The second-order valence-electron chi connectivity index (χ2n) is 9.33. The third-order valence-corrected chi connectivity index (χ3v) is 7.04. The third-order valence-electron chi connectivity index (χ3n) is 7.04. The normalized spacial score (nSPS) is 23.2. The van der Waals surface area contributed by atoms with Crippen molar-refractivity contribution in [1.29, 1.82) is 0 Å². The Bertz CT molecular complexity index is 974. The summed E-state index contributed by atoms with van der Waals surface area (Å²) in [4.78, 5) is 33.1. The highest BCUT2D eigenvalue weighted by Gasteiger charge is 2.46. The van der Waals surface area contributed by atoms with Crippen LogP contribution in [0.2, 0.25) is 0 Å². The fourth-order valence-corrected chi connectivity index (χ4v) is 5.12. The zero-order valence-electron chi connectivity index (χ0n) is 18.8. The van der Waals surface area contributed by atoms with Crippen LogP contribution in [0, 0.1) is 5.82 Å². The summed E-state index contributed by atoms with van der Waals surface area (Å²) in [5, 5.41) is 3.28. The Hall–Kier alpha value is -2.77. The Labute approximate surface area is 194 Å². The highest BCUT2D eigenvalue weighted by atomic mass is 19.1. The van der Waals surface area contributed by atoms with Crippen LogP contribution in [0.4, 0.5) is 4.39 Å². The van der Waals surface area contributed by atoms with E-state index in [1.165, 1.54) is 29.8 Å². The third kappa shape index (κ3) is 4.94. The van der Waals surface area contributed by atoms with E-state index in [4.69, 9.17) is 0 Å². The van der Waals surface area contributed by atoms with Crippen molar-refractivity contribution in [3.63, 3.8) is 0 Å². The Balaban J connectivity index is 1.40. The molecule has 3 fully saturated rings. The quantitative estimate of drug-likeness (QED) is 0.735. The maximum absolute atomic E-state index is 13.5. The predicted molar refractivity (Wildman–Crippen MR) is 124 cm³/mol.